The third kappa shape index (κ3) is 4.33. The van der Waals surface area contributed by atoms with Crippen LogP contribution in [0, 0.1) is 10.1 Å². The molecular formula is C19H16N2O6S. The first-order chi connectivity index (χ1) is 13.3. The van der Waals surface area contributed by atoms with Crippen LogP contribution in [0.15, 0.2) is 71.6 Å². The minimum absolute atomic E-state index is 0.0588. The summed E-state index contributed by atoms with van der Waals surface area (Å²) in [5.74, 6) is -1.38. The van der Waals surface area contributed by atoms with Crippen molar-refractivity contribution in [3.8, 4) is 0 Å². The lowest BCUT2D eigenvalue weighted by molar-refractivity contribution is -0.384. The number of carboxylic acids is 1. The summed E-state index contributed by atoms with van der Waals surface area (Å²) in [5.41, 5.74) is 0.141. The molecule has 0 unspecified atom stereocenters. The normalized spacial score (nSPS) is 12.6. The predicted molar refractivity (Wildman–Crippen MR) is 102 cm³/mol. The number of sulfonamides is 1. The lowest BCUT2D eigenvalue weighted by atomic mass is 10.1. The SMILES string of the molecule is O=C(O)[C@H](Cc1cccc([N+](=O)[O-])c1)NS(=O)(=O)c1ccc2ccccc2c1. The standard InChI is InChI=1S/C19H16N2O6S/c22-19(23)18(11-13-4-3-7-16(10-13)21(24)25)20-28(26,27)17-9-8-14-5-1-2-6-15(14)12-17/h1-10,12,18,20H,11H2,(H,22,23)/t18-/m0/s1. The Morgan fingerprint density at radius 3 is 2.43 bits per heavy atom. The van der Waals surface area contributed by atoms with Crippen LogP contribution in [-0.4, -0.2) is 30.5 Å². The van der Waals surface area contributed by atoms with Crippen molar-refractivity contribution in [1.82, 2.24) is 4.72 Å². The average Bonchev–Trinajstić information content (AvgIpc) is 2.67. The van der Waals surface area contributed by atoms with Gasteiger partial charge >= 0.3 is 5.97 Å². The molecule has 0 amide bonds. The van der Waals surface area contributed by atoms with Crippen molar-refractivity contribution in [2.75, 3.05) is 0 Å². The van der Waals surface area contributed by atoms with Gasteiger partial charge in [0, 0.05) is 12.1 Å². The van der Waals surface area contributed by atoms with Crippen molar-refractivity contribution in [1.29, 1.82) is 0 Å². The van der Waals surface area contributed by atoms with Crippen LogP contribution in [0.25, 0.3) is 10.8 Å². The van der Waals surface area contributed by atoms with Crippen molar-refractivity contribution in [3.63, 3.8) is 0 Å². The first-order valence-corrected chi connectivity index (χ1v) is 9.72. The molecule has 0 spiro atoms. The molecule has 0 aromatic heterocycles. The molecule has 8 nitrogen and oxygen atoms in total. The number of non-ortho nitro benzene ring substituents is 1. The highest BCUT2D eigenvalue weighted by molar-refractivity contribution is 7.89. The first-order valence-electron chi connectivity index (χ1n) is 8.23. The van der Waals surface area contributed by atoms with Gasteiger partial charge in [-0.25, -0.2) is 8.42 Å². The van der Waals surface area contributed by atoms with Gasteiger partial charge in [-0.1, -0.05) is 42.5 Å². The molecule has 0 fully saturated rings. The van der Waals surface area contributed by atoms with Gasteiger partial charge in [-0.05, 0) is 34.9 Å². The summed E-state index contributed by atoms with van der Waals surface area (Å²) in [7, 11) is -4.11. The average molecular weight is 400 g/mol. The molecule has 3 aromatic rings. The number of hydrogen-bond acceptors (Lipinski definition) is 5. The summed E-state index contributed by atoms with van der Waals surface area (Å²) in [5, 5.41) is 21.9. The number of carbonyl (C=O) groups is 1. The number of nitro groups is 1. The number of rotatable bonds is 7. The molecule has 0 aliphatic carbocycles. The van der Waals surface area contributed by atoms with Crippen LogP contribution in [0.5, 0.6) is 0 Å². The fourth-order valence-electron chi connectivity index (χ4n) is 2.80. The summed E-state index contributed by atoms with van der Waals surface area (Å²) < 4.78 is 27.5. The molecule has 2 N–H and O–H groups in total. The quantitative estimate of drug-likeness (QED) is 0.464. The van der Waals surface area contributed by atoms with E-state index >= 15 is 0 Å². The van der Waals surface area contributed by atoms with Gasteiger partial charge in [-0.2, -0.15) is 4.72 Å². The Hall–Kier alpha value is -3.30. The van der Waals surface area contributed by atoms with Gasteiger partial charge in [0.15, 0.2) is 0 Å². The molecule has 0 heterocycles. The molecule has 0 saturated carbocycles. The van der Waals surface area contributed by atoms with Gasteiger partial charge < -0.3 is 5.11 Å². The molecular weight excluding hydrogens is 384 g/mol. The van der Waals surface area contributed by atoms with E-state index < -0.39 is 27.0 Å². The molecule has 0 aliphatic heterocycles. The van der Waals surface area contributed by atoms with E-state index in [0.29, 0.717) is 10.9 Å². The Morgan fingerprint density at radius 2 is 1.75 bits per heavy atom. The highest BCUT2D eigenvalue weighted by atomic mass is 32.2. The van der Waals surface area contributed by atoms with Crippen molar-refractivity contribution in [2.45, 2.75) is 17.4 Å². The van der Waals surface area contributed by atoms with Crippen molar-refractivity contribution < 1.29 is 23.2 Å². The number of nitro benzene ring substituents is 1. The number of aliphatic carboxylic acids is 1. The zero-order valence-electron chi connectivity index (χ0n) is 14.5. The molecule has 0 radical (unpaired) electrons. The zero-order valence-corrected chi connectivity index (χ0v) is 15.3. The number of nitrogens with zero attached hydrogens (tertiary/aromatic N) is 1. The molecule has 144 valence electrons. The van der Waals surface area contributed by atoms with Gasteiger partial charge in [0.25, 0.3) is 5.69 Å². The molecule has 1 atom stereocenters. The van der Waals surface area contributed by atoms with Gasteiger partial charge in [0.1, 0.15) is 6.04 Å². The van der Waals surface area contributed by atoms with Gasteiger partial charge in [-0.3, -0.25) is 14.9 Å². The van der Waals surface area contributed by atoms with E-state index in [0.717, 1.165) is 5.39 Å². The summed E-state index contributed by atoms with van der Waals surface area (Å²) in [6.45, 7) is 0. The maximum Gasteiger partial charge on any atom is 0.322 e. The Balaban J connectivity index is 1.87. The van der Waals surface area contributed by atoms with Crippen LogP contribution < -0.4 is 4.72 Å². The largest absolute Gasteiger partial charge is 0.480 e. The monoisotopic (exact) mass is 400 g/mol. The van der Waals surface area contributed by atoms with E-state index in [1.807, 2.05) is 12.1 Å². The third-order valence-corrected chi connectivity index (χ3v) is 5.66. The minimum Gasteiger partial charge on any atom is -0.480 e. The smallest absolute Gasteiger partial charge is 0.322 e. The molecule has 9 heteroatoms. The molecule has 3 aromatic carbocycles. The van der Waals surface area contributed by atoms with Crippen LogP contribution in [0.3, 0.4) is 0 Å². The maximum atomic E-state index is 12.7. The fraction of sp³-hybridized carbons (Fsp3) is 0.105. The summed E-state index contributed by atoms with van der Waals surface area (Å²) >= 11 is 0. The molecule has 0 saturated heterocycles. The Morgan fingerprint density at radius 1 is 1.04 bits per heavy atom. The van der Waals surface area contributed by atoms with E-state index in [9.17, 15) is 28.4 Å². The van der Waals surface area contributed by atoms with Crippen LogP contribution >= 0.6 is 0 Å². The number of nitrogens with one attached hydrogen (secondary N) is 1. The van der Waals surface area contributed by atoms with Crippen LogP contribution in [-0.2, 0) is 21.2 Å². The number of hydrogen-bond donors (Lipinski definition) is 2. The number of carboxylic acid groups (broad SMARTS) is 1. The second kappa shape index (κ2) is 7.75. The highest BCUT2D eigenvalue weighted by Crippen LogP contribution is 2.20. The second-order valence-electron chi connectivity index (χ2n) is 6.15. The molecule has 28 heavy (non-hydrogen) atoms. The van der Waals surface area contributed by atoms with E-state index in [4.69, 9.17) is 0 Å². The topological polar surface area (TPSA) is 127 Å². The third-order valence-electron chi connectivity index (χ3n) is 4.19. The summed E-state index contributed by atoms with van der Waals surface area (Å²) in [6.07, 6.45) is -0.232. The van der Waals surface area contributed by atoms with Crippen LogP contribution in [0.4, 0.5) is 5.69 Å². The zero-order chi connectivity index (χ0) is 20.3. The van der Waals surface area contributed by atoms with E-state index in [2.05, 4.69) is 4.72 Å². The number of fused-ring (bicyclic) bond motifs is 1. The van der Waals surface area contributed by atoms with Crippen molar-refractivity contribution in [3.05, 3.63) is 82.4 Å². The van der Waals surface area contributed by atoms with Crippen molar-refractivity contribution in [2.24, 2.45) is 0 Å². The molecule has 3 rings (SSSR count). The van der Waals surface area contributed by atoms with Gasteiger partial charge in [0.2, 0.25) is 10.0 Å². The number of benzene rings is 3. The van der Waals surface area contributed by atoms with Gasteiger partial charge in [-0.15, -0.1) is 0 Å². The summed E-state index contributed by atoms with van der Waals surface area (Å²) in [4.78, 5) is 21.8. The predicted octanol–water partition coefficient (Wildman–Crippen LogP) is 2.72. The molecule has 0 bridgehead atoms. The Labute approximate surface area is 160 Å². The Bertz CT molecular complexity index is 1160. The van der Waals surface area contributed by atoms with E-state index in [1.165, 1.54) is 36.4 Å². The first kappa shape index (κ1) is 19.5. The summed E-state index contributed by atoms with van der Waals surface area (Å²) in [6, 6.07) is 15.6. The second-order valence-corrected chi connectivity index (χ2v) is 7.87. The lowest BCUT2D eigenvalue weighted by Gasteiger charge is -2.15. The van der Waals surface area contributed by atoms with Crippen LogP contribution in [0.2, 0.25) is 0 Å². The van der Waals surface area contributed by atoms with Crippen LogP contribution in [0.1, 0.15) is 5.56 Å². The minimum atomic E-state index is -4.11. The highest BCUT2D eigenvalue weighted by Gasteiger charge is 2.26. The Kier molecular flexibility index (Phi) is 5.39. The lowest BCUT2D eigenvalue weighted by Crippen LogP contribution is -2.42. The van der Waals surface area contributed by atoms with E-state index in [1.54, 1.807) is 18.2 Å². The molecule has 0 aliphatic rings. The fourth-order valence-corrected chi connectivity index (χ4v) is 4.03. The maximum absolute atomic E-state index is 12.7. The van der Waals surface area contributed by atoms with E-state index in [-0.39, 0.29) is 17.0 Å². The van der Waals surface area contributed by atoms with Crippen molar-refractivity contribution >= 4 is 32.5 Å². The van der Waals surface area contributed by atoms with Gasteiger partial charge in [0.05, 0.1) is 9.82 Å².